The maximum atomic E-state index is 13.8. The van der Waals surface area contributed by atoms with Crippen molar-refractivity contribution in [2.24, 2.45) is 0 Å². The summed E-state index contributed by atoms with van der Waals surface area (Å²) < 4.78 is 51.2. The molecule has 0 unspecified atom stereocenters. The number of rotatable bonds is 1. The van der Waals surface area contributed by atoms with E-state index in [1.54, 1.807) is 0 Å². The van der Waals surface area contributed by atoms with Gasteiger partial charge in [-0.1, -0.05) is 0 Å². The minimum absolute atomic E-state index is 0.0780. The first-order valence-corrected chi connectivity index (χ1v) is 5.61. The Labute approximate surface area is 105 Å². The van der Waals surface area contributed by atoms with Gasteiger partial charge in [0.15, 0.2) is 0 Å². The van der Waals surface area contributed by atoms with Gasteiger partial charge in [0.1, 0.15) is 5.82 Å². The first kappa shape index (κ1) is 12.2. The van der Waals surface area contributed by atoms with Crippen molar-refractivity contribution in [1.29, 1.82) is 0 Å². The summed E-state index contributed by atoms with van der Waals surface area (Å²) in [6.45, 7) is 1.13. The molecule has 0 atom stereocenters. The molecule has 3 rings (SSSR count). The molecule has 0 fully saturated rings. The molecule has 3 nitrogen and oxygen atoms in total. The minimum atomic E-state index is -4.55. The fraction of sp³-hybridized carbons (Fsp3) is 0.250. The predicted molar refractivity (Wildman–Crippen MR) is 59.5 cm³/mol. The van der Waals surface area contributed by atoms with Crippen molar-refractivity contribution in [2.45, 2.75) is 19.3 Å². The maximum Gasteiger partial charge on any atom is 0.416 e. The fourth-order valence-corrected chi connectivity index (χ4v) is 2.16. The monoisotopic (exact) mass is 271 g/mol. The van der Waals surface area contributed by atoms with Crippen LogP contribution in [0.15, 0.2) is 18.2 Å². The molecule has 0 saturated carbocycles. The van der Waals surface area contributed by atoms with Crippen molar-refractivity contribution >= 4 is 0 Å². The molecule has 0 saturated heterocycles. The number of aromatic amines is 1. The number of benzene rings is 1. The smallest absolute Gasteiger partial charge is 0.307 e. The van der Waals surface area contributed by atoms with Crippen molar-refractivity contribution < 1.29 is 17.6 Å². The highest BCUT2D eigenvalue weighted by Gasteiger charge is 2.32. The summed E-state index contributed by atoms with van der Waals surface area (Å²) in [6, 6.07) is 2.48. The first-order valence-electron chi connectivity index (χ1n) is 5.61. The van der Waals surface area contributed by atoms with Gasteiger partial charge in [0.05, 0.1) is 17.0 Å². The van der Waals surface area contributed by atoms with Gasteiger partial charge in [-0.25, -0.2) is 4.39 Å². The van der Waals surface area contributed by atoms with Crippen LogP contribution in [0.5, 0.6) is 0 Å². The molecule has 2 aromatic rings. The number of H-pyrrole nitrogens is 1. The number of nitrogens with zero attached hydrogens (tertiary/aromatic N) is 1. The molecular formula is C12H9F4N3. The molecular weight excluding hydrogens is 262 g/mol. The number of nitrogens with one attached hydrogen (secondary N) is 2. The van der Waals surface area contributed by atoms with Gasteiger partial charge in [0, 0.05) is 24.2 Å². The Kier molecular flexibility index (Phi) is 2.60. The van der Waals surface area contributed by atoms with Crippen molar-refractivity contribution in [2.75, 3.05) is 0 Å². The maximum absolute atomic E-state index is 13.8. The van der Waals surface area contributed by atoms with Crippen molar-refractivity contribution in [3.05, 3.63) is 40.8 Å². The third kappa shape index (κ3) is 1.99. The van der Waals surface area contributed by atoms with E-state index >= 15 is 0 Å². The Bertz CT molecular complexity index is 630. The third-order valence-corrected chi connectivity index (χ3v) is 3.11. The molecule has 0 aliphatic carbocycles. The molecule has 7 heteroatoms. The molecule has 1 aliphatic heterocycles. The van der Waals surface area contributed by atoms with Gasteiger partial charge in [-0.3, -0.25) is 5.10 Å². The van der Waals surface area contributed by atoms with E-state index in [4.69, 9.17) is 0 Å². The van der Waals surface area contributed by atoms with E-state index < -0.39 is 17.6 Å². The lowest BCUT2D eigenvalue weighted by Crippen LogP contribution is -2.06. The van der Waals surface area contributed by atoms with E-state index in [2.05, 4.69) is 15.5 Å². The highest BCUT2D eigenvalue weighted by atomic mass is 19.4. The van der Waals surface area contributed by atoms with Crippen LogP contribution >= 0.6 is 0 Å². The van der Waals surface area contributed by atoms with E-state index in [1.165, 1.54) is 0 Å². The lowest BCUT2D eigenvalue weighted by molar-refractivity contribution is -0.137. The second kappa shape index (κ2) is 4.06. The van der Waals surface area contributed by atoms with Gasteiger partial charge in [0.25, 0.3) is 0 Å². The highest BCUT2D eigenvalue weighted by molar-refractivity contribution is 5.65. The van der Waals surface area contributed by atoms with Crippen LogP contribution in [0.4, 0.5) is 17.6 Å². The Balaban J connectivity index is 2.06. The third-order valence-electron chi connectivity index (χ3n) is 3.11. The zero-order valence-corrected chi connectivity index (χ0v) is 9.61. The summed E-state index contributed by atoms with van der Waals surface area (Å²) in [6.07, 6.45) is -4.55. The molecule has 19 heavy (non-hydrogen) atoms. The number of halogens is 4. The van der Waals surface area contributed by atoms with Gasteiger partial charge in [-0.15, -0.1) is 0 Å². The van der Waals surface area contributed by atoms with Gasteiger partial charge >= 0.3 is 6.18 Å². The zero-order chi connectivity index (χ0) is 13.6. The summed E-state index contributed by atoms with van der Waals surface area (Å²) in [5.41, 5.74) is 1.09. The Hall–Kier alpha value is -1.89. The molecule has 0 bridgehead atoms. The first-order chi connectivity index (χ1) is 8.97. The average molecular weight is 271 g/mol. The van der Waals surface area contributed by atoms with Crippen LogP contribution in [-0.2, 0) is 19.3 Å². The lowest BCUT2D eigenvalue weighted by Gasteiger charge is -2.08. The topological polar surface area (TPSA) is 40.7 Å². The molecule has 0 spiro atoms. The standard InChI is InChI=1S/C12H9F4N3/c13-9-3-6(12(14,15)16)1-2-7(9)11-8-4-17-5-10(8)18-19-11/h1-3,17H,4-5H2,(H,18,19). The van der Waals surface area contributed by atoms with Crippen LogP contribution in [0.25, 0.3) is 11.3 Å². The Morgan fingerprint density at radius 3 is 2.63 bits per heavy atom. The van der Waals surface area contributed by atoms with Crippen molar-refractivity contribution in [1.82, 2.24) is 15.5 Å². The zero-order valence-electron chi connectivity index (χ0n) is 9.61. The fourth-order valence-electron chi connectivity index (χ4n) is 2.16. The largest absolute Gasteiger partial charge is 0.416 e. The molecule has 1 aromatic carbocycles. The molecule has 100 valence electrons. The molecule has 2 heterocycles. The van der Waals surface area contributed by atoms with Crippen molar-refractivity contribution in [3.8, 4) is 11.3 Å². The van der Waals surface area contributed by atoms with Crippen molar-refractivity contribution in [3.63, 3.8) is 0 Å². The van der Waals surface area contributed by atoms with Gasteiger partial charge < -0.3 is 5.32 Å². The van der Waals surface area contributed by atoms with E-state index in [-0.39, 0.29) is 5.56 Å². The minimum Gasteiger partial charge on any atom is -0.307 e. The molecule has 1 aliphatic rings. The van der Waals surface area contributed by atoms with Crippen LogP contribution in [0, 0.1) is 5.82 Å². The lowest BCUT2D eigenvalue weighted by atomic mass is 10.0. The molecule has 0 radical (unpaired) electrons. The summed E-state index contributed by atoms with van der Waals surface area (Å²) in [5.74, 6) is -0.920. The second-order valence-corrected chi connectivity index (χ2v) is 4.33. The Morgan fingerprint density at radius 1 is 1.16 bits per heavy atom. The van der Waals surface area contributed by atoms with E-state index in [1.807, 2.05) is 0 Å². The van der Waals surface area contributed by atoms with Crippen LogP contribution in [0.2, 0.25) is 0 Å². The van der Waals surface area contributed by atoms with Gasteiger partial charge in [-0.05, 0) is 18.2 Å². The molecule has 2 N–H and O–H groups in total. The number of hydrogen-bond acceptors (Lipinski definition) is 2. The quantitative estimate of drug-likeness (QED) is 0.783. The molecule has 1 aromatic heterocycles. The van der Waals surface area contributed by atoms with Gasteiger partial charge in [-0.2, -0.15) is 18.3 Å². The summed E-state index contributed by atoms with van der Waals surface area (Å²) >= 11 is 0. The SMILES string of the molecule is Fc1cc(C(F)(F)F)ccc1-c1n[nH]c2c1CNC2. The van der Waals surface area contributed by atoms with Crippen LogP contribution in [-0.4, -0.2) is 10.2 Å². The number of fused-ring (bicyclic) bond motifs is 1. The summed E-state index contributed by atoms with van der Waals surface area (Å²) in [4.78, 5) is 0. The van der Waals surface area contributed by atoms with E-state index in [0.717, 1.165) is 23.4 Å². The van der Waals surface area contributed by atoms with E-state index in [0.29, 0.717) is 24.8 Å². The number of alkyl halides is 3. The summed E-state index contributed by atoms with van der Waals surface area (Å²) in [5, 5.41) is 9.79. The summed E-state index contributed by atoms with van der Waals surface area (Å²) in [7, 11) is 0. The van der Waals surface area contributed by atoms with Crippen LogP contribution < -0.4 is 5.32 Å². The second-order valence-electron chi connectivity index (χ2n) is 4.33. The van der Waals surface area contributed by atoms with Crippen LogP contribution in [0.3, 0.4) is 0 Å². The Morgan fingerprint density at radius 2 is 1.95 bits per heavy atom. The number of aromatic nitrogens is 2. The highest BCUT2D eigenvalue weighted by Crippen LogP contribution is 2.34. The van der Waals surface area contributed by atoms with E-state index in [9.17, 15) is 17.6 Å². The normalized spacial score (nSPS) is 14.7. The van der Waals surface area contributed by atoms with Gasteiger partial charge in [0.2, 0.25) is 0 Å². The predicted octanol–water partition coefficient (Wildman–Crippen LogP) is 2.84. The van der Waals surface area contributed by atoms with Crippen LogP contribution in [0.1, 0.15) is 16.8 Å². The number of hydrogen-bond donors (Lipinski definition) is 2. The average Bonchev–Trinajstić information content (AvgIpc) is 2.90. The molecule has 0 amide bonds.